The van der Waals surface area contributed by atoms with Crippen LogP contribution < -0.4 is 11.1 Å². The van der Waals surface area contributed by atoms with Crippen molar-refractivity contribution in [3.8, 4) is 0 Å². The summed E-state index contributed by atoms with van der Waals surface area (Å²) in [6.07, 6.45) is 4.22. The Kier molecular flexibility index (Phi) is 5.51. The van der Waals surface area contributed by atoms with Gasteiger partial charge in [-0.1, -0.05) is 37.3 Å². The predicted octanol–water partition coefficient (Wildman–Crippen LogP) is 1.21. The lowest BCUT2D eigenvalue weighted by Crippen LogP contribution is -2.43. The van der Waals surface area contributed by atoms with Crippen LogP contribution in [0.3, 0.4) is 0 Å². The van der Waals surface area contributed by atoms with E-state index in [1.807, 2.05) is 47.3 Å². The molecule has 2 atom stereocenters. The molecule has 0 aliphatic carbocycles. The maximum absolute atomic E-state index is 12.0. The third-order valence-corrected chi connectivity index (χ3v) is 3.32. The minimum Gasteiger partial charge on any atom is -0.354 e. The van der Waals surface area contributed by atoms with Crippen molar-refractivity contribution in [2.24, 2.45) is 11.7 Å². The molecule has 112 valence electrons. The van der Waals surface area contributed by atoms with Crippen molar-refractivity contribution in [1.82, 2.24) is 15.1 Å². The Morgan fingerprint density at radius 2 is 2.10 bits per heavy atom. The largest absolute Gasteiger partial charge is 0.354 e. The Bertz CT molecular complexity index is 539. The second-order valence-electron chi connectivity index (χ2n) is 5.37. The van der Waals surface area contributed by atoms with Gasteiger partial charge in [0.1, 0.15) is 0 Å². The highest BCUT2D eigenvalue weighted by molar-refractivity contribution is 5.81. The highest BCUT2D eigenvalue weighted by Gasteiger charge is 2.14. The molecule has 2 aromatic rings. The van der Waals surface area contributed by atoms with Crippen LogP contribution in [0.25, 0.3) is 0 Å². The van der Waals surface area contributed by atoms with Crippen molar-refractivity contribution in [2.75, 3.05) is 6.54 Å². The van der Waals surface area contributed by atoms with Gasteiger partial charge >= 0.3 is 0 Å². The average Bonchev–Trinajstić information content (AvgIpc) is 2.98. The number of benzene rings is 1. The lowest BCUT2D eigenvalue weighted by molar-refractivity contribution is -0.122. The van der Waals surface area contributed by atoms with E-state index in [4.69, 9.17) is 5.73 Å². The molecule has 21 heavy (non-hydrogen) atoms. The van der Waals surface area contributed by atoms with E-state index < -0.39 is 6.04 Å². The van der Waals surface area contributed by atoms with Crippen molar-refractivity contribution in [2.45, 2.75) is 25.9 Å². The van der Waals surface area contributed by atoms with Crippen molar-refractivity contribution < 1.29 is 4.79 Å². The van der Waals surface area contributed by atoms with E-state index in [2.05, 4.69) is 17.3 Å². The highest BCUT2D eigenvalue weighted by atomic mass is 16.2. The summed E-state index contributed by atoms with van der Waals surface area (Å²) >= 11 is 0. The lowest BCUT2D eigenvalue weighted by atomic mass is 10.1. The molecular weight excluding hydrogens is 264 g/mol. The molecular formula is C16H22N4O. The molecule has 0 saturated heterocycles. The van der Waals surface area contributed by atoms with Crippen LogP contribution in [-0.4, -0.2) is 28.3 Å². The molecule has 0 saturated carbocycles. The highest BCUT2D eigenvalue weighted by Crippen LogP contribution is 2.02. The van der Waals surface area contributed by atoms with Crippen LogP contribution in [0.2, 0.25) is 0 Å². The number of carbonyl (C=O) groups is 1. The second-order valence-corrected chi connectivity index (χ2v) is 5.37. The average molecular weight is 286 g/mol. The van der Waals surface area contributed by atoms with Crippen molar-refractivity contribution in [1.29, 1.82) is 0 Å². The fraction of sp³-hybridized carbons (Fsp3) is 0.375. The third-order valence-electron chi connectivity index (χ3n) is 3.32. The SMILES string of the molecule is CC(CNC(=O)C(N)Cc1ccccc1)Cn1cccn1. The van der Waals surface area contributed by atoms with Gasteiger partial charge in [0.05, 0.1) is 6.04 Å². The number of nitrogens with two attached hydrogens (primary N) is 1. The number of rotatable bonds is 7. The maximum Gasteiger partial charge on any atom is 0.237 e. The number of carbonyl (C=O) groups excluding carboxylic acids is 1. The van der Waals surface area contributed by atoms with Gasteiger partial charge in [0.25, 0.3) is 0 Å². The molecule has 0 fully saturated rings. The molecule has 5 heteroatoms. The van der Waals surface area contributed by atoms with E-state index in [9.17, 15) is 4.79 Å². The first-order valence-electron chi connectivity index (χ1n) is 7.20. The zero-order valence-electron chi connectivity index (χ0n) is 12.3. The van der Waals surface area contributed by atoms with Crippen molar-refractivity contribution in [3.63, 3.8) is 0 Å². The van der Waals surface area contributed by atoms with Gasteiger partial charge in [0.15, 0.2) is 0 Å². The minimum atomic E-state index is -0.510. The van der Waals surface area contributed by atoms with Crippen LogP contribution in [0.4, 0.5) is 0 Å². The summed E-state index contributed by atoms with van der Waals surface area (Å²) in [5.41, 5.74) is 7.02. The number of aromatic nitrogens is 2. The van der Waals surface area contributed by atoms with Crippen LogP contribution in [-0.2, 0) is 17.8 Å². The molecule has 1 amide bonds. The third kappa shape index (κ3) is 5.04. The molecule has 1 heterocycles. The van der Waals surface area contributed by atoms with E-state index in [1.165, 1.54) is 0 Å². The van der Waals surface area contributed by atoms with E-state index in [-0.39, 0.29) is 5.91 Å². The number of nitrogens with zero attached hydrogens (tertiary/aromatic N) is 2. The summed E-state index contributed by atoms with van der Waals surface area (Å²) in [4.78, 5) is 12.0. The zero-order chi connectivity index (χ0) is 15.1. The zero-order valence-corrected chi connectivity index (χ0v) is 12.3. The molecule has 5 nitrogen and oxygen atoms in total. The van der Waals surface area contributed by atoms with E-state index >= 15 is 0 Å². The fourth-order valence-corrected chi connectivity index (χ4v) is 2.16. The van der Waals surface area contributed by atoms with Crippen LogP contribution in [0.5, 0.6) is 0 Å². The summed E-state index contributed by atoms with van der Waals surface area (Å²) < 4.78 is 1.86. The minimum absolute atomic E-state index is 0.105. The molecule has 0 radical (unpaired) electrons. The molecule has 0 aliphatic heterocycles. The first kappa shape index (κ1) is 15.3. The summed E-state index contributed by atoms with van der Waals surface area (Å²) in [5, 5.41) is 7.06. The van der Waals surface area contributed by atoms with Crippen molar-refractivity contribution >= 4 is 5.91 Å². The number of hydrogen-bond acceptors (Lipinski definition) is 3. The van der Waals surface area contributed by atoms with E-state index in [0.717, 1.165) is 12.1 Å². The van der Waals surface area contributed by atoms with Crippen LogP contribution >= 0.6 is 0 Å². The lowest BCUT2D eigenvalue weighted by Gasteiger charge is -2.16. The molecule has 1 aromatic heterocycles. The Morgan fingerprint density at radius 1 is 1.33 bits per heavy atom. The molecule has 2 unspecified atom stereocenters. The molecule has 0 spiro atoms. The molecule has 0 aliphatic rings. The normalized spacial score (nSPS) is 13.6. The standard InChI is InChI=1S/C16H22N4O/c1-13(12-20-9-5-8-19-20)11-18-16(21)15(17)10-14-6-3-2-4-7-14/h2-9,13,15H,10-12,17H2,1H3,(H,18,21). The van der Waals surface area contributed by atoms with Crippen LogP contribution in [0, 0.1) is 5.92 Å². The fourth-order valence-electron chi connectivity index (χ4n) is 2.16. The van der Waals surface area contributed by atoms with Gasteiger partial charge in [-0.2, -0.15) is 5.10 Å². The molecule has 2 rings (SSSR count). The van der Waals surface area contributed by atoms with Crippen molar-refractivity contribution in [3.05, 3.63) is 54.4 Å². The monoisotopic (exact) mass is 286 g/mol. The first-order valence-corrected chi connectivity index (χ1v) is 7.20. The van der Waals surface area contributed by atoms with Crippen LogP contribution in [0.15, 0.2) is 48.8 Å². The molecule has 1 aromatic carbocycles. The number of nitrogens with one attached hydrogen (secondary N) is 1. The maximum atomic E-state index is 12.0. The summed E-state index contributed by atoms with van der Waals surface area (Å²) in [7, 11) is 0. The second kappa shape index (κ2) is 7.59. The molecule has 3 N–H and O–H groups in total. The smallest absolute Gasteiger partial charge is 0.237 e. The first-order chi connectivity index (χ1) is 10.1. The summed E-state index contributed by atoms with van der Waals surface area (Å²) in [6, 6.07) is 11.2. The van der Waals surface area contributed by atoms with Gasteiger partial charge < -0.3 is 11.1 Å². The predicted molar refractivity (Wildman–Crippen MR) is 82.5 cm³/mol. The van der Waals surface area contributed by atoms with Gasteiger partial charge in [-0.25, -0.2) is 0 Å². The van der Waals surface area contributed by atoms with E-state index in [0.29, 0.717) is 18.9 Å². The quantitative estimate of drug-likeness (QED) is 0.803. The van der Waals surface area contributed by atoms with Gasteiger partial charge in [-0.05, 0) is 24.0 Å². The van der Waals surface area contributed by atoms with E-state index in [1.54, 1.807) is 6.20 Å². The van der Waals surface area contributed by atoms with Gasteiger partial charge in [0.2, 0.25) is 5.91 Å². The number of amides is 1. The van der Waals surface area contributed by atoms with Gasteiger partial charge in [-0.3, -0.25) is 9.48 Å². The topological polar surface area (TPSA) is 72.9 Å². The Morgan fingerprint density at radius 3 is 2.76 bits per heavy atom. The van der Waals surface area contributed by atoms with Gasteiger partial charge in [0, 0.05) is 25.5 Å². The Labute approximate surface area is 125 Å². The Hall–Kier alpha value is -2.14. The summed E-state index contributed by atoms with van der Waals surface area (Å²) in [5.74, 6) is 0.198. The Balaban J connectivity index is 1.73. The molecule has 0 bridgehead atoms. The van der Waals surface area contributed by atoms with Gasteiger partial charge in [-0.15, -0.1) is 0 Å². The number of hydrogen-bond donors (Lipinski definition) is 2. The summed E-state index contributed by atoms with van der Waals surface area (Å²) in [6.45, 7) is 3.45. The van der Waals surface area contributed by atoms with Crippen LogP contribution in [0.1, 0.15) is 12.5 Å².